The first-order valence-corrected chi connectivity index (χ1v) is 13.2. The Labute approximate surface area is 226 Å². The molecule has 4 aromatic rings. The highest BCUT2D eigenvalue weighted by atomic mass is 16.6. The maximum Gasteiger partial charge on any atom is 0.324 e. The van der Waals surface area contributed by atoms with Gasteiger partial charge in [-0.05, 0) is 68.5 Å². The lowest BCUT2D eigenvalue weighted by Gasteiger charge is -2.40. The van der Waals surface area contributed by atoms with Gasteiger partial charge >= 0.3 is 5.97 Å². The Bertz CT molecular complexity index is 1180. The number of benzene rings is 4. The van der Waals surface area contributed by atoms with Gasteiger partial charge in [-0.15, -0.1) is 0 Å². The maximum absolute atomic E-state index is 13.8. The quantitative estimate of drug-likeness (QED) is 0.187. The largest absolute Gasteiger partial charge is 0.494 e. The smallest absolute Gasteiger partial charge is 0.324 e. The van der Waals surface area contributed by atoms with Crippen LogP contribution >= 0.6 is 0 Å². The Morgan fingerprint density at radius 1 is 0.711 bits per heavy atom. The van der Waals surface area contributed by atoms with E-state index in [1.54, 1.807) is 0 Å². The second kappa shape index (κ2) is 12.1. The first-order chi connectivity index (χ1) is 18.3. The van der Waals surface area contributed by atoms with Gasteiger partial charge in [0.2, 0.25) is 0 Å². The highest BCUT2D eigenvalue weighted by Gasteiger charge is 2.40. The molecular formula is C34H37NO3. The molecule has 0 aliphatic heterocycles. The van der Waals surface area contributed by atoms with Crippen molar-refractivity contribution in [2.45, 2.75) is 51.3 Å². The summed E-state index contributed by atoms with van der Waals surface area (Å²) < 4.78 is 11.6. The van der Waals surface area contributed by atoms with E-state index in [-0.39, 0.29) is 5.97 Å². The van der Waals surface area contributed by atoms with Crippen molar-refractivity contribution in [2.24, 2.45) is 0 Å². The van der Waals surface area contributed by atoms with Crippen molar-refractivity contribution in [3.8, 4) is 5.75 Å². The fraction of sp³-hybridized carbons (Fsp3) is 0.265. The van der Waals surface area contributed by atoms with Gasteiger partial charge in [-0.3, -0.25) is 10.1 Å². The highest BCUT2D eigenvalue weighted by molar-refractivity contribution is 5.77. The molecule has 0 amide bonds. The van der Waals surface area contributed by atoms with E-state index < -0.39 is 17.2 Å². The van der Waals surface area contributed by atoms with Crippen LogP contribution in [0.2, 0.25) is 0 Å². The summed E-state index contributed by atoms with van der Waals surface area (Å²) in [6.45, 7) is 8.27. The van der Waals surface area contributed by atoms with E-state index >= 15 is 0 Å². The Kier molecular flexibility index (Phi) is 8.65. The fourth-order valence-corrected chi connectivity index (χ4v) is 4.77. The highest BCUT2D eigenvalue weighted by Crippen LogP contribution is 2.37. The van der Waals surface area contributed by atoms with Crippen LogP contribution in [0.25, 0.3) is 0 Å². The van der Waals surface area contributed by atoms with Crippen LogP contribution in [0, 0.1) is 0 Å². The lowest BCUT2D eigenvalue weighted by Crippen LogP contribution is -2.54. The number of rotatable bonds is 10. The molecule has 4 nitrogen and oxygen atoms in total. The van der Waals surface area contributed by atoms with Crippen molar-refractivity contribution >= 4 is 5.97 Å². The van der Waals surface area contributed by atoms with E-state index in [2.05, 4.69) is 41.7 Å². The van der Waals surface area contributed by atoms with Crippen molar-refractivity contribution < 1.29 is 14.3 Å². The Balaban J connectivity index is 1.85. The minimum atomic E-state index is -0.795. The Morgan fingerprint density at radius 3 is 1.55 bits per heavy atom. The summed E-state index contributed by atoms with van der Waals surface area (Å²) in [5.74, 6) is 0.517. The molecule has 4 rings (SSSR count). The van der Waals surface area contributed by atoms with Gasteiger partial charge in [0.05, 0.1) is 12.1 Å². The molecule has 4 aromatic carbocycles. The van der Waals surface area contributed by atoms with Crippen LogP contribution in [0.1, 0.15) is 49.9 Å². The summed E-state index contributed by atoms with van der Waals surface area (Å²) in [7, 11) is 0. The number of ether oxygens (including phenoxy) is 2. The molecule has 0 unspecified atom stereocenters. The average molecular weight is 508 g/mol. The van der Waals surface area contributed by atoms with Gasteiger partial charge in [0, 0.05) is 0 Å². The standard InChI is InChI=1S/C34H37NO3/c1-5-37-30-23-21-26(22-24-30)25-31(32(36)38-33(2,3)4)35-34(27-15-9-6-10-16-27,28-17-11-7-12-18-28)29-19-13-8-14-20-29/h6-24,31,35H,5,25H2,1-4H3/t31-/m1/s1. The van der Waals surface area contributed by atoms with Gasteiger partial charge in [-0.2, -0.15) is 0 Å². The van der Waals surface area contributed by atoms with Gasteiger partial charge < -0.3 is 9.47 Å². The van der Waals surface area contributed by atoms with E-state index in [1.165, 1.54) is 0 Å². The number of carbonyl (C=O) groups is 1. The lowest BCUT2D eigenvalue weighted by molar-refractivity contribution is -0.157. The Morgan fingerprint density at radius 2 is 1.16 bits per heavy atom. The van der Waals surface area contributed by atoms with Gasteiger partial charge in [0.15, 0.2) is 0 Å². The van der Waals surface area contributed by atoms with Gasteiger partial charge in [-0.1, -0.05) is 103 Å². The Hall–Kier alpha value is -3.89. The topological polar surface area (TPSA) is 47.6 Å². The molecule has 0 saturated heterocycles. The minimum Gasteiger partial charge on any atom is -0.494 e. The molecule has 0 fully saturated rings. The van der Waals surface area contributed by atoms with Crippen LogP contribution in [0.15, 0.2) is 115 Å². The third-order valence-corrected chi connectivity index (χ3v) is 6.38. The van der Waals surface area contributed by atoms with E-state index in [1.807, 2.05) is 107 Å². The maximum atomic E-state index is 13.8. The predicted molar refractivity (Wildman–Crippen MR) is 153 cm³/mol. The van der Waals surface area contributed by atoms with Crippen molar-refractivity contribution in [1.29, 1.82) is 0 Å². The zero-order valence-electron chi connectivity index (χ0n) is 22.7. The third kappa shape index (κ3) is 6.51. The molecule has 196 valence electrons. The van der Waals surface area contributed by atoms with Crippen LogP contribution in [0.5, 0.6) is 5.75 Å². The van der Waals surface area contributed by atoms with Gasteiger partial charge in [-0.25, -0.2) is 0 Å². The summed E-state index contributed by atoms with van der Waals surface area (Å²) in [5, 5.41) is 3.82. The van der Waals surface area contributed by atoms with E-state index in [0.717, 1.165) is 28.0 Å². The van der Waals surface area contributed by atoms with Crippen LogP contribution in [0.3, 0.4) is 0 Å². The van der Waals surface area contributed by atoms with Gasteiger partial charge in [0.1, 0.15) is 17.4 Å². The molecule has 0 saturated carbocycles. The van der Waals surface area contributed by atoms with Crippen molar-refractivity contribution in [1.82, 2.24) is 5.32 Å². The van der Waals surface area contributed by atoms with E-state index in [4.69, 9.17) is 9.47 Å². The van der Waals surface area contributed by atoms with Crippen LogP contribution < -0.4 is 10.1 Å². The first kappa shape index (κ1) is 27.2. The monoisotopic (exact) mass is 507 g/mol. The SMILES string of the molecule is CCOc1ccc(C[C@@H](NC(c2ccccc2)(c2ccccc2)c2ccccc2)C(=O)OC(C)(C)C)cc1. The van der Waals surface area contributed by atoms with Crippen molar-refractivity contribution in [3.05, 3.63) is 138 Å². The molecule has 1 atom stereocenters. The molecule has 0 aliphatic rings. The molecule has 0 heterocycles. The molecule has 1 N–H and O–H groups in total. The number of nitrogens with one attached hydrogen (secondary N) is 1. The minimum absolute atomic E-state index is 0.293. The summed E-state index contributed by atoms with van der Waals surface area (Å²) in [6.07, 6.45) is 0.454. The second-order valence-corrected chi connectivity index (χ2v) is 10.4. The number of hydrogen-bond acceptors (Lipinski definition) is 4. The fourth-order valence-electron chi connectivity index (χ4n) is 4.77. The normalized spacial score (nSPS) is 12.5. The summed E-state index contributed by atoms with van der Waals surface area (Å²) >= 11 is 0. The summed E-state index contributed by atoms with van der Waals surface area (Å²) in [4.78, 5) is 13.8. The number of hydrogen-bond donors (Lipinski definition) is 1. The molecule has 0 radical (unpaired) electrons. The van der Waals surface area contributed by atoms with Crippen LogP contribution in [-0.2, 0) is 21.5 Å². The molecule has 0 spiro atoms. The molecule has 4 heteroatoms. The molecule has 38 heavy (non-hydrogen) atoms. The van der Waals surface area contributed by atoms with Gasteiger partial charge in [0.25, 0.3) is 0 Å². The van der Waals surface area contributed by atoms with E-state index in [9.17, 15) is 4.79 Å². The molecule has 0 aromatic heterocycles. The number of carbonyl (C=O) groups excluding carboxylic acids is 1. The average Bonchev–Trinajstić information content (AvgIpc) is 2.93. The number of esters is 1. The predicted octanol–water partition coefficient (Wildman–Crippen LogP) is 6.92. The van der Waals surface area contributed by atoms with Crippen LogP contribution in [0.4, 0.5) is 0 Å². The summed E-state index contributed by atoms with van der Waals surface area (Å²) in [6, 6.07) is 38.2. The van der Waals surface area contributed by atoms with E-state index in [0.29, 0.717) is 13.0 Å². The van der Waals surface area contributed by atoms with Crippen molar-refractivity contribution in [2.75, 3.05) is 6.61 Å². The molecule has 0 aliphatic carbocycles. The molecular weight excluding hydrogens is 470 g/mol. The zero-order valence-corrected chi connectivity index (χ0v) is 22.7. The first-order valence-electron chi connectivity index (χ1n) is 13.2. The molecule has 0 bridgehead atoms. The third-order valence-electron chi connectivity index (χ3n) is 6.38. The van der Waals surface area contributed by atoms with Crippen LogP contribution in [-0.4, -0.2) is 24.2 Å². The second-order valence-electron chi connectivity index (χ2n) is 10.4. The summed E-state index contributed by atoms with van der Waals surface area (Å²) in [5.41, 5.74) is 2.72. The van der Waals surface area contributed by atoms with Crippen molar-refractivity contribution in [3.63, 3.8) is 0 Å². The lowest BCUT2D eigenvalue weighted by atomic mass is 9.76. The zero-order chi connectivity index (χ0) is 27.0.